The standard InChI is InChI=1S/C14H25N3O2/c1-3-19-13-6-4-10-17(12-13)11-7-14(18)16(2)9-5-8-15/h13H,3-7,9-12H2,1-2H3. The van der Waals surface area contributed by atoms with Crippen LogP contribution in [0.4, 0.5) is 0 Å². The van der Waals surface area contributed by atoms with Crippen LogP contribution in [0, 0.1) is 11.3 Å². The van der Waals surface area contributed by atoms with Gasteiger partial charge < -0.3 is 14.5 Å². The first-order valence-electron chi connectivity index (χ1n) is 7.12. The summed E-state index contributed by atoms with van der Waals surface area (Å²) in [7, 11) is 1.76. The SMILES string of the molecule is CCOC1CCCN(CCC(=O)N(C)CCC#N)C1. The number of piperidine rings is 1. The quantitative estimate of drug-likeness (QED) is 0.696. The van der Waals surface area contributed by atoms with Crippen molar-refractivity contribution in [1.29, 1.82) is 5.26 Å². The van der Waals surface area contributed by atoms with Crippen LogP contribution in [0.2, 0.25) is 0 Å². The van der Waals surface area contributed by atoms with Crippen molar-refractivity contribution in [3.8, 4) is 6.07 Å². The number of carbonyl (C=O) groups excluding carboxylic acids is 1. The van der Waals surface area contributed by atoms with Gasteiger partial charge in [-0.1, -0.05) is 0 Å². The Morgan fingerprint density at radius 1 is 1.58 bits per heavy atom. The van der Waals surface area contributed by atoms with E-state index in [2.05, 4.69) is 11.0 Å². The smallest absolute Gasteiger partial charge is 0.223 e. The molecule has 0 spiro atoms. The summed E-state index contributed by atoms with van der Waals surface area (Å²) in [5.41, 5.74) is 0. The minimum absolute atomic E-state index is 0.119. The van der Waals surface area contributed by atoms with E-state index in [-0.39, 0.29) is 5.91 Å². The molecule has 0 N–H and O–H groups in total. The molecule has 0 aromatic rings. The lowest BCUT2D eigenvalue weighted by Crippen LogP contribution is -2.41. The molecule has 1 aliphatic rings. The molecule has 5 heteroatoms. The number of hydrogen-bond acceptors (Lipinski definition) is 4. The number of nitrogens with zero attached hydrogens (tertiary/aromatic N) is 3. The zero-order chi connectivity index (χ0) is 14.1. The van der Waals surface area contributed by atoms with Crippen LogP contribution in [0.1, 0.15) is 32.6 Å². The van der Waals surface area contributed by atoms with Gasteiger partial charge in [-0.25, -0.2) is 0 Å². The molecule has 5 nitrogen and oxygen atoms in total. The van der Waals surface area contributed by atoms with E-state index in [4.69, 9.17) is 10.00 Å². The molecule has 0 saturated carbocycles. The molecule has 1 heterocycles. The molecular formula is C14H25N3O2. The van der Waals surface area contributed by atoms with E-state index in [1.807, 2.05) is 6.92 Å². The van der Waals surface area contributed by atoms with Gasteiger partial charge in [0, 0.05) is 39.7 Å². The van der Waals surface area contributed by atoms with Crippen LogP contribution >= 0.6 is 0 Å². The molecule has 0 radical (unpaired) electrons. The van der Waals surface area contributed by atoms with Gasteiger partial charge in [0.1, 0.15) is 0 Å². The van der Waals surface area contributed by atoms with Crippen molar-refractivity contribution in [3.63, 3.8) is 0 Å². The molecule has 1 atom stereocenters. The summed E-state index contributed by atoms with van der Waals surface area (Å²) < 4.78 is 5.65. The number of carbonyl (C=O) groups is 1. The third kappa shape index (κ3) is 6.04. The fourth-order valence-corrected chi connectivity index (χ4v) is 2.37. The minimum atomic E-state index is 0.119. The Labute approximate surface area is 116 Å². The molecule has 0 aromatic heterocycles. The van der Waals surface area contributed by atoms with Crippen molar-refractivity contribution < 1.29 is 9.53 Å². The highest BCUT2D eigenvalue weighted by Gasteiger charge is 2.20. The van der Waals surface area contributed by atoms with Crippen LogP contribution < -0.4 is 0 Å². The van der Waals surface area contributed by atoms with Gasteiger partial charge in [0.25, 0.3) is 0 Å². The molecule has 0 aromatic carbocycles. The van der Waals surface area contributed by atoms with Gasteiger partial charge in [0.05, 0.1) is 18.6 Å². The topological polar surface area (TPSA) is 56.6 Å². The highest BCUT2D eigenvalue weighted by Crippen LogP contribution is 2.13. The fraction of sp³-hybridized carbons (Fsp3) is 0.857. The fourth-order valence-electron chi connectivity index (χ4n) is 2.37. The van der Waals surface area contributed by atoms with Crippen LogP contribution in [0.3, 0.4) is 0 Å². The lowest BCUT2D eigenvalue weighted by molar-refractivity contribution is -0.130. The molecular weight excluding hydrogens is 242 g/mol. The molecule has 1 aliphatic heterocycles. The molecule has 0 aliphatic carbocycles. The van der Waals surface area contributed by atoms with Gasteiger partial charge >= 0.3 is 0 Å². The number of rotatable bonds is 7. The molecule has 1 fully saturated rings. The van der Waals surface area contributed by atoms with Crippen molar-refractivity contribution in [2.75, 3.05) is 39.8 Å². The Bertz CT molecular complexity index is 312. The Balaban J connectivity index is 2.24. The Hall–Kier alpha value is -1.12. The molecule has 108 valence electrons. The van der Waals surface area contributed by atoms with Crippen LogP contribution in [0.25, 0.3) is 0 Å². The van der Waals surface area contributed by atoms with Gasteiger partial charge in [-0.05, 0) is 26.3 Å². The predicted octanol–water partition coefficient (Wildman–Crippen LogP) is 1.25. The summed E-state index contributed by atoms with van der Waals surface area (Å²) in [4.78, 5) is 15.8. The van der Waals surface area contributed by atoms with Crippen molar-refractivity contribution in [1.82, 2.24) is 9.80 Å². The monoisotopic (exact) mass is 267 g/mol. The average Bonchev–Trinajstić information content (AvgIpc) is 2.43. The summed E-state index contributed by atoms with van der Waals surface area (Å²) in [5, 5.41) is 8.50. The summed E-state index contributed by atoms with van der Waals surface area (Å²) >= 11 is 0. The van der Waals surface area contributed by atoms with Crippen molar-refractivity contribution in [3.05, 3.63) is 0 Å². The number of ether oxygens (including phenoxy) is 1. The van der Waals surface area contributed by atoms with Crippen molar-refractivity contribution >= 4 is 5.91 Å². The van der Waals surface area contributed by atoms with Gasteiger partial charge in [0.2, 0.25) is 5.91 Å². The highest BCUT2D eigenvalue weighted by molar-refractivity contribution is 5.76. The minimum Gasteiger partial charge on any atom is -0.377 e. The Kier molecular flexibility index (Phi) is 7.46. The lowest BCUT2D eigenvalue weighted by atomic mass is 10.1. The number of hydrogen-bond donors (Lipinski definition) is 0. The second-order valence-electron chi connectivity index (χ2n) is 4.99. The summed E-state index contributed by atoms with van der Waals surface area (Å²) in [6, 6.07) is 2.06. The summed E-state index contributed by atoms with van der Waals surface area (Å²) in [5.74, 6) is 0.119. The van der Waals surface area contributed by atoms with Crippen LogP contribution in [-0.4, -0.2) is 61.6 Å². The predicted molar refractivity (Wildman–Crippen MR) is 73.6 cm³/mol. The zero-order valence-electron chi connectivity index (χ0n) is 12.1. The number of nitriles is 1. The average molecular weight is 267 g/mol. The second kappa shape index (κ2) is 8.89. The van der Waals surface area contributed by atoms with E-state index in [1.54, 1.807) is 11.9 Å². The molecule has 1 rings (SSSR count). The van der Waals surface area contributed by atoms with Crippen LogP contribution in [-0.2, 0) is 9.53 Å². The first kappa shape index (κ1) is 15.9. The Morgan fingerprint density at radius 3 is 3.05 bits per heavy atom. The zero-order valence-corrected chi connectivity index (χ0v) is 12.1. The lowest BCUT2D eigenvalue weighted by Gasteiger charge is -2.32. The molecule has 1 unspecified atom stereocenters. The largest absolute Gasteiger partial charge is 0.377 e. The highest BCUT2D eigenvalue weighted by atomic mass is 16.5. The molecule has 1 saturated heterocycles. The first-order valence-corrected chi connectivity index (χ1v) is 7.12. The molecule has 19 heavy (non-hydrogen) atoms. The van der Waals surface area contributed by atoms with E-state index in [0.29, 0.717) is 25.5 Å². The van der Waals surface area contributed by atoms with Gasteiger partial charge in [-0.3, -0.25) is 4.79 Å². The van der Waals surface area contributed by atoms with E-state index >= 15 is 0 Å². The second-order valence-corrected chi connectivity index (χ2v) is 4.99. The Morgan fingerprint density at radius 2 is 2.37 bits per heavy atom. The van der Waals surface area contributed by atoms with E-state index in [9.17, 15) is 4.79 Å². The van der Waals surface area contributed by atoms with Gasteiger partial charge in [0.15, 0.2) is 0 Å². The maximum Gasteiger partial charge on any atom is 0.223 e. The first-order chi connectivity index (χ1) is 9.17. The van der Waals surface area contributed by atoms with Gasteiger partial charge in [-0.2, -0.15) is 5.26 Å². The third-order valence-corrected chi connectivity index (χ3v) is 3.49. The van der Waals surface area contributed by atoms with Crippen molar-refractivity contribution in [2.45, 2.75) is 38.7 Å². The van der Waals surface area contributed by atoms with Crippen LogP contribution in [0.5, 0.6) is 0 Å². The number of likely N-dealkylation sites (tertiary alicyclic amines) is 1. The molecule has 1 amide bonds. The van der Waals surface area contributed by atoms with E-state index in [1.165, 1.54) is 0 Å². The van der Waals surface area contributed by atoms with E-state index < -0.39 is 0 Å². The third-order valence-electron chi connectivity index (χ3n) is 3.49. The maximum absolute atomic E-state index is 11.9. The normalized spacial score (nSPS) is 19.9. The molecule has 0 bridgehead atoms. The van der Waals surface area contributed by atoms with Gasteiger partial charge in [-0.15, -0.1) is 0 Å². The summed E-state index contributed by atoms with van der Waals surface area (Å²) in [6.07, 6.45) is 3.52. The van der Waals surface area contributed by atoms with Crippen molar-refractivity contribution in [2.24, 2.45) is 0 Å². The summed E-state index contributed by atoms with van der Waals surface area (Å²) in [6.45, 7) is 6.08. The van der Waals surface area contributed by atoms with Crippen LogP contribution in [0.15, 0.2) is 0 Å². The van der Waals surface area contributed by atoms with E-state index in [0.717, 1.165) is 39.1 Å². The number of amides is 1. The maximum atomic E-state index is 11.9.